The van der Waals surface area contributed by atoms with Crippen LogP contribution in [0.3, 0.4) is 0 Å². The monoisotopic (exact) mass is 243 g/mol. The van der Waals surface area contributed by atoms with E-state index < -0.39 is 0 Å². The Morgan fingerprint density at radius 1 is 1.28 bits per heavy atom. The van der Waals surface area contributed by atoms with Gasteiger partial charge in [-0.2, -0.15) is 0 Å². The van der Waals surface area contributed by atoms with E-state index in [0.29, 0.717) is 0 Å². The number of rotatable bonds is 4. The molecule has 0 bridgehead atoms. The molecule has 94 valence electrons. The van der Waals surface area contributed by atoms with Crippen molar-refractivity contribution in [3.63, 3.8) is 0 Å². The van der Waals surface area contributed by atoms with Crippen molar-refractivity contribution in [1.82, 2.24) is 4.90 Å². The van der Waals surface area contributed by atoms with Crippen molar-refractivity contribution in [2.45, 2.75) is 13.8 Å². The first-order chi connectivity index (χ1) is 8.76. The van der Waals surface area contributed by atoms with Gasteiger partial charge in [-0.25, -0.2) is 0 Å². The number of carbonyl (C=O) groups excluding carboxylic acids is 1. The quantitative estimate of drug-likeness (QED) is 0.772. The van der Waals surface area contributed by atoms with Crippen molar-refractivity contribution in [2.75, 3.05) is 13.1 Å². The summed E-state index contributed by atoms with van der Waals surface area (Å²) in [5.41, 5.74) is 1.78. The maximum Gasteiger partial charge on any atom is 0.246 e. The Balaban J connectivity index is 2.21. The summed E-state index contributed by atoms with van der Waals surface area (Å²) in [4.78, 5) is 13.6. The van der Waals surface area contributed by atoms with E-state index in [1.54, 1.807) is 17.2 Å². The van der Waals surface area contributed by atoms with E-state index in [2.05, 4.69) is 0 Å². The predicted octanol–water partition coefficient (Wildman–Crippen LogP) is 3.31. The van der Waals surface area contributed by atoms with E-state index >= 15 is 0 Å². The van der Waals surface area contributed by atoms with Gasteiger partial charge in [0.05, 0.1) is 6.26 Å². The third-order valence-corrected chi connectivity index (χ3v) is 2.99. The lowest BCUT2D eigenvalue weighted by molar-refractivity contribution is -0.125. The van der Waals surface area contributed by atoms with Gasteiger partial charge in [-0.1, -0.05) is 18.2 Å². The van der Waals surface area contributed by atoms with Gasteiger partial charge in [0.2, 0.25) is 5.91 Å². The van der Waals surface area contributed by atoms with Crippen LogP contribution in [-0.4, -0.2) is 23.9 Å². The molecule has 0 unspecified atom stereocenters. The Kier molecular flexibility index (Phi) is 3.82. The summed E-state index contributed by atoms with van der Waals surface area (Å²) in [6.45, 7) is 5.41. The highest BCUT2D eigenvalue weighted by Crippen LogP contribution is 2.21. The molecule has 2 aromatic rings. The molecule has 18 heavy (non-hydrogen) atoms. The fourth-order valence-electron chi connectivity index (χ4n) is 1.93. The van der Waals surface area contributed by atoms with E-state index in [0.717, 1.165) is 29.6 Å². The number of carbonyl (C=O) groups is 1. The van der Waals surface area contributed by atoms with E-state index in [1.807, 2.05) is 44.2 Å². The van der Waals surface area contributed by atoms with Gasteiger partial charge in [-0.05, 0) is 26.0 Å². The molecule has 0 fully saturated rings. The van der Waals surface area contributed by atoms with Crippen LogP contribution in [0.4, 0.5) is 0 Å². The average Bonchev–Trinajstić information content (AvgIpc) is 2.81. The molecule has 0 radical (unpaired) electrons. The first-order valence-electron chi connectivity index (χ1n) is 6.19. The van der Waals surface area contributed by atoms with Gasteiger partial charge in [0.1, 0.15) is 5.58 Å². The molecule has 1 aromatic heterocycles. The number of hydrogen-bond donors (Lipinski definition) is 0. The molecule has 0 saturated carbocycles. The first-order valence-corrected chi connectivity index (χ1v) is 6.19. The molecule has 0 atom stereocenters. The molecule has 0 spiro atoms. The molecular weight excluding hydrogens is 226 g/mol. The second-order valence-electron chi connectivity index (χ2n) is 4.03. The number of likely N-dealkylation sites (N-methyl/N-ethyl adjacent to an activating group) is 1. The summed E-state index contributed by atoms with van der Waals surface area (Å²) in [5.74, 6) is 0.0327. The van der Waals surface area contributed by atoms with Crippen molar-refractivity contribution in [1.29, 1.82) is 0 Å². The number of nitrogens with zero attached hydrogens (tertiary/aromatic N) is 1. The van der Waals surface area contributed by atoms with Gasteiger partial charge >= 0.3 is 0 Å². The summed E-state index contributed by atoms with van der Waals surface area (Å²) in [6.07, 6.45) is 5.09. The Bertz CT molecular complexity index is 565. The normalized spacial score (nSPS) is 11.2. The van der Waals surface area contributed by atoms with Crippen molar-refractivity contribution < 1.29 is 9.21 Å². The van der Waals surface area contributed by atoms with E-state index in [9.17, 15) is 4.79 Å². The predicted molar refractivity (Wildman–Crippen MR) is 73.2 cm³/mol. The molecule has 1 heterocycles. The summed E-state index contributed by atoms with van der Waals surface area (Å²) in [7, 11) is 0. The Morgan fingerprint density at radius 3 is 2.72 bits per heavy atom. The minimum Gasteiger partial charge on any atom is -0.464 e. The zero-order chi connectivity index (χ0) is 13.0. The van der Waals surface area contributed by atoms with Crippen LogP contribution in [0.15, 0.2) is 41.0 Å². The highest BCUT2D eigenvalue weighted by atomic mass is 16.3. The van der Waals surface area contributed by atoms with Crippen molar-refractivity contribution >= 4 is 23.0 Å². The fourth-order valence-corrected chi connectivity index (χ4v) is 1.93. The molecule has 3 heteroatoms. The summed E-state index contributed by atoms with van der Waals surface area (Å²) in [6, 6.07) is 7.79. The van der Waals surface area contributed by atoms with E-state index in [-0.39, 0.29) is 5.91 Å². The average molecular weight is 243 g/mol. The van der Waals surface area contributed by atoms with Gasteiger partial charge in [0, 0.05) is 30.1 Å². The van der Waals surface area contributed by atoms with Gasteiger partial charge in [0.25, 0.3) is 0 Å². The summed E-state index contributed by atoms with van der Waals surface area (Å²) < 4.78 is 5.42. The number of hydrogen-bond acceptors (Lipinski definition) is 2. The van der Waals surface area contributed by atoms with E-state index in [1.165, 1.54) is 0 Å². The molecule has 0 aliphatic rings. The van der Waals surface area contributed by atoms with Crippen LogP contribution in [0, 0.1) is 0 Å². The Hall–Kier alpha value is -2.03. The number of benzene rings is 1. The first kappa shape index (κ1) is 12.4. The molecule has 1 aromatic carbocycles. The third-order valence-electron chi connectivity index (χ3n) is 2.99. The molecule has 3 nitrogen and oxygen atoms in total. The fraction of sp³-hybridized carbons (Fsp3) is 0.267. The minimum atomic E-state index is 0.0327. The second kappa shape index (κ2) is 5.54. The molecule has 1 amide bonds. The van der Waals surface area contributed by atoms with Gasteiger partial charge in [0.15, 0.2) is 0 Å². The molecule has 0 saturated heterocycles. The van der Waals surface area contributed by atoms with Crippen LogP contribution in [0.5, 0.6) is 0 Å². The van der Waals surface area contributed by atoms with Gasteiger partial charge in [-0.15, -0.1) is 0 Å². The number of para-hydroxylation sites is 1. The van der Waals surface area contributed by atoms with Crippen molar-refractivity contribution in [3.05, 3.63) is 42.2 Å². The van der Waals surface area contributed by atoms with E-state index in [4.69, 9.17) is 4.42 Å². The SMILES string of the molecule is CCN(CC)C(=O)/C=C/c1coc2ccccc12. The molecule has 2 rings (SSSR count). The zero-order valence-electron chi connectivity index (χ0n) is 10.7. The van der Waals surface area contributed by atoms with Crippen LogP contribution in [0.2, 0.25) is 0 Å². The van der Waals surface area contributed by atoms with Crippen LogP contribution in [0.25, 0.3) is 17.0 Å². The third kappa shape index (κ3) is 2.45. The van der Waals surface area contributed by atoms with Gasteiger partial charge < -0.3 is 9.32 Å². The lowest BCUT2D eigenvalue weighted by atomic mass is 10.1. The van der Waals surface area contributed by atoms with Crippen LogP contribution >= 0.6 is 0 Å². The maximum absolute atomic E-state index is 11.8. The number of fused-ring (bicyclic) bond motifs is 1. The summed E-state index contributed by atoms with van der Waals surface area (Å²) in [5, 5.41) is 1.03. The van der Waals surface area contributed by atoms with Crippen LogP contribution < -0.4 is 0 Å². The van der Waals surface area contributed by atoms with Crippen molar-refractivity contribution in [2.24, 2.45) is 0 Å². The minimum absolute atomic E-state index is 0.0327. The van der Waals surface area contributed by atoms with Gasteiger partial charge in [-0.3, -0.25) is 4.79 Å². The zero-order valence-corrected chi connectivity index (χ0v) is 10.7. The second-order valence-corrected chi connectivity index (χ2v) is 4.03. The van der Waals surface area contributed by atoms with Crippen LogP contribution in [0.1, 0.15) is 19.4 Å². The molecule has 0 N–H and O–H groups in total. The lowest BCUT2D eigenvalue weighted by Crippen LogP contribution is -2.28. The van der Waals surface area contributed by atoms with Crippen molar-refractivity contribution in [3.8, 4) is 0 Å². The topological polar surface area (TPSA) is 33.5 Å². The number of amides is 1. The molecule has 0 aliphatic heterocycles. The standard InChI is InChI=1S/C15H17NO2/c1-3-16(4-2)15(17)10-9-12-11-18-14-8-6-5-7-13(12)14/h5-11H,3-4H2,1-2H3/b10-9+. The molecule has 0 aliphatic carbocycles. The lowest BCUT2D eigenvalue weighted by Gasteiger charge is -2.15. The highest BCUT2D eigenvalue weighted by molar-refractivity contribution is 5.95. The molecular formula is C15H17NO2. The summed E-state index contributed by atoms with van der Waals surface area (Å²) >= 11 is 0. The Morgan fingerprint density at radius 2 is 2.00 bits per heavy atom. The smallest absolute Gasteiger partial charge is 0.246 e. The highest BCUT2D eigenvalue weighted by Gasteiger charge is 2.06. The largest absolute Gasteiger partial charge is 0.464 e. The number of furan rings is 1. The van der Waals surface area contributed by atoms with Crippen LogP contribution in [-0.2, 0) is 4.79 Å². The maximum atomic E-state index is 11.8. The Labute approximate surface area is 107 Å².